The Morgan fingerprint density at radius 2 is 2.10 bits per heavy atom. The smallest absolute Gasteiger partial charge is 0.338 e. The summed E-state index contributed by atoms with van der Waals surface area (Å²) >= 11 is 1.32. The van der Waals surface area contributed by atoms with Gasteiger partial charge in [-0.1, -0.05) is 6.92 Å². The molecule has 2 amide bonds. The Balaban J connectivity index is 2.15. The Kier molecular flexibility index (Phi) is 4.32. The molecule has 0 saturated carbocycles. The fourth-order valence-electron chi connectivity index (χ4n) is 2.52. The molecule has 1 atom stereocenters. The lowest BCUT2D eigenvalue weighted by molar-refractivity contribution is 0.0697. The number of carboxylic acids is 1. The van der Waals surface area contributed by atoms with Crippen molar-refractivity contribution in [3.63, 3.8) is 0 Å². The lowest BCUT2D eigenvalue weighted by Crippen LogP contribution is -2.41. The van der Waals surface area contributed by atoms with Crippen molar-refractivity contribution in [2.45, 2.75) is 33.6 Å². The van der Waals surface area contributed by atoms with E-state index in [9.17, 15) is 14.7 Å². The molecule has 2 rings (SSSR count). The minimum Gasteiger partial charge on any atom is -0.478 e. The standard InChI is InChI=1S/C14H20N2O3S/c1-8-5-4-6-16(7-8)14(19)15-12-11(13(17)18)9(2)10(3)20-12/h8H,4-7H2,1-3H3,(H,15,19)(H,17,18). The first-order chi connectivity index (χ1) is 9.40. The topological polar surface area (TPSA) is 69.6 Å². The summed E-state index contributed by atoms with van der Waals surface area (Å²) in [5.74, 6) is -0.491. The number of aromatic carboxylic acids is 1. The highest BCUT2D eigenvalue weighted by Gasteiger charge is 2.24. The third-order valence-corrected chi connectivity index (χ3v) is 4.89. The number of nitrogens with one attached hydrogen (secondary N) is 1. The van der Waals surface area contributed by atoms with Gasteiger partial charge in [0.25, 0.3) is 0 Å². The maximum atomic E-state index is 12.2. The van der Waals surface area contributed by atoms with Gasteiger partial charge in [0.1, 0.15) is 5.00 Å². The molecule has 0 aliphatic carbocycles. The normalized spacial score (nSPS) is 18.9. The van der Waals surface area contributed by atoms with Crippen LogP contribution in [0.5, 0.6) is 0 Å². The van der Waals surface area contributed by atoms with Crippen molar-refractivity contribution in [2.75, 3.05) is 18.4 Å². The first-order valence-electron chi connectivity index (χ1n) is 6.79. The van der Waals surface area contributed by atoms with Gasteiger partial charge in [0, 0.05) is 18.0 Å². The third kappa shape index (κ3) is 2.95. The van der Waals surface area contributed by atoms with Gasteiger partial charge in [-0.15, -0.1) is 11.3 Å². The van der Waals surface area contributed by atoms with Crippen molar-refractivity contribution < 1.29 is 14.7 Å². The van der Waals surface area contributed by atoms with E-state index < -0.39 is 5.97 Å². The number of rotatable bonds is 2. The number of hydrogen-bond acceptors (Lipinski definition) is 3. The van der Waals surface area contributed by atoms with Gasteiger partial charge in [-0.3, -0.25) is 5.32 Å². The van der Waals surface area contributed by atoms with Crippen LogP contribution in [0.3, 0.4) is 0 Å². The van der Waals surface area contributed by atoms with Crippen LogP contribution in [0, 0.1) is 19.8 Å². The molecule has 0 aromatic carbocycles. The molecule has 0 bridgehead atoms. The molecule has 6 heteroatoms. The number of urea groups is 1. The lowest BCUT2D eigenvalue weighted by Gasteiger charge is -2.30. The maximum Gasteiger partial charge on any atom is 0.338 e. The molecule has 2 heterocycles. The van der Waals surface area contributed by atoms with Gasteiger partial charge in [0.15, 0.2) is 0 Å². The summed E-state index contributed by atoms with van der Waals surface area (Å²) in [6, 6.07) is -0.194. The van der Waals surface area contributed by atoms with Crippen molar-refractivity contribution in [2.24, 2.45) is 5.92 Å². The number of nitrogens with zero attached hydrogens (tertiary/aromatic N) is 1. The molecule has 0 radical (unpaired) electrons. The molecule has 1 saturated heterocycles. The lowest BCUT2D eigenvalue weighted by atomic mass is 10.0. The number of piperidine rings is 1. The fourth-order valence-corrected chi connectivity index (χ4v) is 3.56. The highest BCUT2D eigenvalue weighted by atomic mass is 32.1. The van der Waals surface area contributed by atoms with Crippen LogP contribution >= 0.6 is 11.3 Å². The second-order valence-corrected chi connectivity index (χ2v) is 6.64. The molecule has 1 aromatic rings. The predicted octanol–water partition coefficient (Wildman–Crippen LogP) is 3.33. The number of carbonyl (C=O) groups is 2. The largest absolute Gasteiger partial charge is 0.478 e. The zero-order valence-corrected chi connectivity index (χ0v) is 12.8. The molecule has 0 spiro atoms. The van der Waals surface area contributed by atoms with Gasteiger partial charge in [-0.05, 0) is 38.2 Å². The van der Waals surface area contributed by atoms with Crippen LogP contribution in [0.4, 0.5) is 9.80 Å². The number of likely N-dealkylation sites (tertiary alicyclic amines) is 1. The van der Waals surface area contributed by atoms with Crippen LogP contribution in [-0.4, -0.2) is 35.1 Å². The zero-order valence-electron chi connectivity index (χ0n) is 12.0. The molecule has 1 aliphatic rings. The van der Waals surface area contributed by atoms with Crippen molar-refractivity contribution in [1.82, 2.24) is 4.90 Å². The van der Waals surface area contributed by atoms with Crippen LogP contribution < -0.4 is 5.32 Å². The Hall–Kier alpha value is -1.56. The minimum atomic E-state index is -0.992. The number of carboxylic acid groups (broad SMARTS) is 1. The summed E-state index contributed by atoms with van der Waals surface area (Å²) in [7, 11) is 0. The van der Waals surface area contributed by atoms with Crippen LogP contribution in [0.2, 0.25) is 0 Å². The van der Waals surface area contributed by atoms with Gasteiger partial charge in [0.2, 0.25) is 0 Å². The van der Waals surface area contributed by atoms with Gasteiger partial charge in [-0.2, -0.15) is 0 Å². The highest BCUT2D eigenvalue weighted by molar-refractivity contribution is 7.16. The Morgan fingerprint density at radius 3 is 2.70 bits per heavy atom. The molecular formula is C14H20N2O3S. The number of carbonyl (C=O) groups excluding carboxylic acids is 1. The van der Waals surface area contributed by atoms with E-state index in [4.69, 9.17) is 0 Å². The third-order valence-electron chi connectivity index (χ3n) is 3.76. The number of thiophene rings is 1. The molecule has 20 heavy (non-hydrogen) atoms. The van der Waals surface area contributed by atoms with E-state index in [2.05, 4.69) is 12.2 Å². The molecule has 1 unspecified atom stereocenters. The van der Waals surface area contributed by atoms with Crippen LogP contribution in [0.25, 0.3) is 0 Å². The molecular weight excluding hydrogens is 276 g/mol. The number of amides is 2. The predicted molar refractivity (Wildman–Crippen MR) is 79.7 cm³/mol. The van der Waals surface area contributed by atoms with E-state index in [-0.39, 0.29) is 11.6 Å². The van der Waals surface area contributed by atoms with E-state index >= 15 is 0 Å². The second kappa shape index (κ2) is 5.83. The summed E-state index contributed by atoms with van der Waals surface area (Å²) in [6.45, 7) is 7.24. The first-order valence-corrected chi connectivity index (χ1v) is 7.61. The Bertz CT molecular complexity index is 539. The van der Waals surface area contributed by atoms with Crippen molar-refractivity contribution in [3.05, 3.63) is 16.0 Å². The molecule has 2 N–H and O–H groups in total. The monoisotopic (exact) mass is 296 g/mol. The minimum absolute atomic E-state index is 0.194. The molecule has 1 aliphatic heterocycles. The van der Waals surface area contributed by atoms with Gasteiger partial charge in [0.05, 0.1) is 5.56 Å². The van der Waals surface area contributed by atoms with E-state index in [1.807, 2.05) is 6.92 Å². The van der Waals surface area contributed by atoms with Crippen LogP contribution in [-0.2, 0) is 0 Å². The molecule has 1 aromatic heterocycles. The van der Waals surface area contributed by atoms with Gasteiger partial charge >= 0.3 is 12.0 Å². The van der Waals surface area contributed by atoms with E-state index in [1.54, 1.807) is 11.8 Å². The number of anilines is 1. The Morgan fingerprint density at radius 1 is 1.40 bits per heavy atom. The number of hydrogen-bond donors (Lipinski definition) is 2. The van der Waals surface area contributed by atoms with Crippen molar-refractivity contribution in [3.8, 4) is 0 Å². The van der Waals surface area contributed by atoms with E-state index in [1.165, 1.54) is 11.3 Å². The number of aryl methyl sites for hydroxylation is 1. The zero-order chi connectivity index (χ0) is 14.9. The average Bonchev–Trinajstić information content (AvgIpc) is 2.64. The summed E-state index contributed by atoms with van der Waals surface area (Å²) < 4.78 is 0. The Labute approximate surface area is 122 Å². The highest BCUT2D eigenvalue weighted by Crippen LogP contribution is 2.32. The maximum absolute atomic E-state index is 12.2. The SMILES string of the molecule is Cc1sc(NC(=O)N2CCCC(C)C2)c(C(=O)O)c1C. The molecule has 1 fully saturated rings. The van der Waals surface area contributed by atoms with Gasteiger partial charge in [-0.25, -0.2) is 9.59 Å². The summed E-state index contributed by atoms with van der Waals surface area (Å²) in [5, 5.41) is 12.5. The summed E-state index contributed by atoms with van der Waals surface area (Å²) in [6.07, 6.45) is 2.14. The second-order valence-electron chi connectivity index (χ2n) is 5.42. The quantitative estimate of drug-likeness (QED) is 0.879. The van der Waals surface area contributed by atoms with E-state index in [0.717, 1.165) is 36.4 Å². The van der Waals surface area contributed by atoms with Crippen molar-refractivity contribution >= 4 is 28.3 Å². The van der Waals surface area contributed by atoms with Crippen molar-refractivity contribution in [1.29, 1.82) is 0 Å². The van der Waals surface area contributed by atoms with E-state index in [0.29, 0.717) is 10.9 Å². The molecule has 5 nitrogen and oxygen atoms in total. The molecule has 110 valence electrons. The first kappa shape index (κ1) is 14.8. The summed E-state index contributed by atoms with van der Waals surface area (Å²) in [4.78, 5) is 26.2. The summed E-state index contributed by atoms with van der Waals surface area (Å²) in [5.41, 5.74) is 0.940. The van der Waals surface area contributed by atoms with Gasteiger partial charge < -0.3 is 10.0 Å². The average molecular weight is 296 g/mol. The fraction of sp³-hybridized carbons (Fsp3) is 0.571. The van der Waals surface area contributed by atoms with Crippen LogP contribution in [0.15, 0.2) is 0 Å². The van der Waals surface area contributed by atoms with Crippen LogP contribution in [0.1, 0.15) is 40.6 Å².